The molecule has 0 saturated heterocycles. The van der Waals surface area contributed by atoms with Gasteiger partial charge in [-0.15, -0.1) is 0 Å². The zero-order chi connectivity index (χ0) is 17.9. The highest BCUT2D eigenvalue weighted by Gasteiger charge is 2.24. The van der Waals surface area contributed by atoms with E-state index in [1.54, 1.807) is 0 Å². The van der Waals surface area contributed by atoms with Crippen LogP contribution < -0.4 is 11.1 Å². The normalized spacial score (nSPS) is 11.0. The summed E-state index contributed by atoms with van der Waals surface area (Å²) in [6.45, 7) is 8.73. The summed E-state index contributed by atoms with van der Waals surface area (Å²) in [6.07, 6.45) is 1.36. The Morgan fingerprint density at radius 3 is 2.79 bits per heavy atom. The Morgan fingerprint density at radius 1 is 1.46 bits per heavy atom. The molecular weight excluding hydrogens is 313 g/mol. The van der Waals surface area contributed by atoms with E-state index >= 15 is 0 Å². The van der Waals surface area contributed by atoms with Gasteiger partial charge < -0.3 is 10.8 Å². The molecule has 4 N–H and O–H groups in total. The Morgan fingerprint density at radius 2 is 2.17 bits per heavy atom. The van der Waals surface area contributed by atoms with Gasteiger partial charge in [0.1, 0.15) is 5.75 Å². The number of halogens is 1. The van der Waals surface area contributed by atoms with Crippen LogP contribution in [-0.4, -0.2) is 29.0 Å². The fraction of sp³-hybridized carbons (Fsp3) is 0.125. The second-order valence-electron chi connectivity index (χ2n) is 4.79. The summed E-state index contributed by atoms with van der Waals surface area (Å²) < 4.78 is 14.5. The number of aromatic hydroxyl groups is 1. The third-order valence-electron chi connectivity index (χ3n) is 3.32. The highest BCUT2D eigenvalue weighted by Crippen LogP contribution is 2.39. The van der Waals surface area contributed by atoms with E-state index in [-0.39, 0.29) is 34.0 Å². The van der Waals surface area contributed by atoms with Crippen LogP contribution in [0.5, 0.6) is 5.75 Å². The molecule has 0 atom stereocenters. The second-order valence-corrected chi connectivity index (χ2v) is 4.79. The second kappa shape index (κ2) is 6.75. The first-order valence-electron chi connectivity index (χ1n) is 6.79. The number of hydrogen-bond donors (Lipinski definition) is 3. The van der Waals surface area contributed by atoms with E-state index in [4.69, 9.17) is 12.3 Å². The minimum Gasteiger partial charge on any atom is -0.507 e. The lowest BCUT2D eigenvalue weighted by atomic mass is 9.96. The van der Waals surface area contributed by atoms with Gasteiger partial charge in [-0.2, -0.15) is 0 Å². The SMILES string of the molecule is [C-]#[N+]c1ccc(O)c(C(=O)NC(N)=NC)c1-c1ccnc(C)c1F. The van der Waals surface area contributed by atoms with Crippen molar-refractivity contribution in [3.8, 4) is 16.9 Å². The van der Waals surface area contributed by atoms with Gasteiger partial charge in [0, 0.05) is 24.4 Å². The molecule has 0 aliphatic heterocycles. The maximum absolute atomic E-state index is 14.5. The van der Waals surface area contributed by atoms with Gasteiger partial charge in [0.15, 0.2) is 17.5 Å². The van der Waals surface area contributed by atoms with Crippen LogP contribution in [0.15, 0.2) is 29.4 Å². The van der Waals surface area contributed by atoms with Crippen molar-refractivity contribution >= 4 is 17.6 Å². The standard InChI is InChI=1S/C16H14FN5O2/c1-8-14(17)9(6-7-21-8)12-10(19-2)4-5-11(23)13(12)15(24)22-16(18)20-3/h4-7,23H,1,3H3,(H3,18,20,22,24). The molecule has 7 nitrogen and oxygen atoms in total. The molecule has 0 aliphatic carbocycles. The van der Waals surface area contributed by atoms with Crippen molar-refractivity contribution in [2.45, 2.75) is 6.92 Å². The monoisotopic (exact) mass is 327 g/mol. The third kappa shape index (κ3) is 3.01. The molecule has 2 rings (SSSR count). The van der Waals surface area contributed by atoms with Crippen LogP contribution in [-0.2, 0) is 0 Å². The third-order valence-corrected chi connectivity index (χ3v) is 3.32. The minimum atomic E-state index is -0.801. The number of carbonyl (C=O) groups is 1. The first-order valence-corrected chi connectivity index (χ1v) is 6.79. The Hall–Kier alpha value is -3.47. The highest BCUT2D eigenvalue weighted by atomic mass is 19.1. The van der Waals surface area contributed by atoms with Gasteiger partial charge in [-0.1, -0.05) is 6.07 Å². The fourth-order valence-corrected chi connectivity index (χ4v) is 2.15. The van der Waals surface area contributed by atoms with Crippen LogP contribution in [0.25, 0.3) is 16.0 Å². The number of phenolic OH excluding ortho intramolecular Hbond substituents is 1. The summed E-state index contributed by atoms with van der Waals surface area (Å²) in [7, 11) is 1.37. The lowest BCUT2D eigenvalue weighted by Crippen LogP contribution is -2.36. The van der Waals surface area contributed by atoms with Crippen LogP contribution >= 0.6 is 0 Å². The Labute approximate surface area is 137 Å². The quantitative estimate of drug-likeness (QED) is 0.446. The van der Waals surface area contributed by atoms with Crippen molar-refractivity contribution in [3.63, 3.8) is 0 Å². The van der Waals surface area contributed by atoms with Crippen molar-refractivity contribution in [2.24, 2.45) is 10.7 Å². The smallest absolute Gasteiger partial charge is 0.261 e. The number of amides is 1. The average molecular weight is 327 g/mol. The summed E-state index contributed by atoms with van der Waals surface area (Å²) in [5.74, 6) is -2.07. The molecule has 0 fully saturated rings. The van der Waals surface area contributed by atoms with E-state index in [1.807, 2.05) is 0 Å². The summed E-state index contributed by atoms with van der Waals surface area (Å²) >= 11 is 0. The molecule has 24 heavy (non-hydrogen) atoms. The number of nitrogens with zero attached hydrogens (tertiary/aromatic N) is 3. The first kappa shape index (κ1) is 16.9. The molecule has 1 heterocycles. The Bertz CT molecular complexity index is 887. The lowest BCUT2D eigenvalue weighted by molar-refractivity contribution is 0.0974. The van der Waals surface area contributed by atoms with E-state index in [2.05, 4.69) is 20.1 Å². The van der Waals surface area contributed by atoms with Gasteiger partial charge in [-0.05, 0) is 19.1 Å². The zero-order valence-corrected chi connectivity index (χ0v) is 13.0. The van der Waals surface area contributed by atoms with Crippen LogP contribution in [0.1, 0.15) is 16.1 Å². The lowest BCUT2D eigenvalue weighted by Gasteiger charge is -2.14. The number of aryl methyl sites for hydroxylation is 1. The van der Waals surface area contributed by atoms with E-state index in [9.17, 15) is 14.3 Å². The predicted molar refractivity (Wildman–Crippen MR) is 87.3 cm³/mol. The van der Waals surface area contributed by atoms with Gasteiger partial charge in [0.2, 0.25) is 0 Å². The molecule has 2 aromatic rings. The summed E-state index contributed by atoms with van der Waals surface area (Å²) in [5.41, 5.74) is 5.27. The van der Waals surface area contributed by atoms with Gasteiger partial charge >= 0.3 is 0 Å². The molecule has 8 heteroatoms. The average Bonchev–Trinajstić information content (AvgIpc) is 2.56. The molecular formula is C16H14FN5O2. The fourth-order valence-electron chi connectivity index (χ4n) is 2.15. The number of nitrogens with two attached hydrogens (primary N) is 1. The van der Waals surface area contributed by atoms with Crippen molar-refractivity contribution in [3.05, 3.63) is 52.9 Å². The molecule has 1 aromatic carbocycles. The highest BCUT2D eigenvalue weighted by molar-refractivity contribution is 6.12. The van der Waals surface area contributed by atoms with Gasteiger partial charge in [0.25, 0.3) is 5.91 Å². The number of hydrogen-bond acceptors (Lipinski definition) is 4. The van der Waals surface area contributed by atoms with E-state index < -0.39 is 17.5 Å². The van der Waals surface area contributed by atoms with Gasteiger partial charge in [0.05, 0.1) is 17.8 Å². The van der Waals surface area contributed by atoms with E-state index in [1.165, 1.54) is 38.4 Å². The number of carbonyl (C=O) groups excluding carboxylic acids is 1. The molecule has 0 bridgehead atoms. The molecule has 1 aromatic heterocycles. The molecule has 0 saturated carbocycles. The van der Waals surface area contributed by atoms with Crippen molar-refractivity contribution in [2.75, 3.05) is 7.05 Å². The maximum atomic E-state index is 14.5. The topological polar surface area (TPSA) is 105 Å². The number of aliphatic imine (C=N–C) groups is 1. The van der Waals surface area contributed by atoms with Crippen molar-refractivity contribution in [1.29, 1.82) is 0 Å². The summed E-state index contributed by atoms with van der Waals surface area (Å²) in [6, 6.07) is 3.83. The van der Waals surface area contributed by atoms with Crippen LogP contribution in [0, 0.1) is 19.3 Å². The van der Waals surface area contributed by atoms with E-state index in [0.717, 1.165) is 0 Å². The maximum Gasteiger partial charge on any atom is 0.261 e. The van der Waals surface area contributed by atoms with Gasteiger partial charge in [-0.25, -0.2) is 9.24 Å². The molecule has 0 unspecified atom stereocenters. The van der Waals surface area contributed by atoms with Crippen LogP contribution in [0.3, 0.4) is 0 Å². The number of guanidine groups is 1. The number of phenols is 1. The largest absolute Gasteiger partial charge is 0.507 e. The summed E-state index contributed by atoms with van der Waals surface area (Å²) in [4.78, 5) is 23.2. The first-order chi connectivity index (χ1) is 11.4. The predicted octanol–water partition coefficient (Wildman–Crippen LogP) is 2.13. The van der Waals surface area contributed by atoms with Crippen molar-refractivity contribution in [1.82, 2.24) is 10.3 Å². The number of aromatic nitrogens is 1. The number of nitrogens with one attached hydrogen (secondary N) is 1. The number of benzene rings is 1. The minimum absolute atomic E-state index is 0.00876. The van der Waals surface area contributed by atoms with Crippen molar-refractivity contribution < 1.29 is 14.3 Å². The number of pyridine rings is 1. The molecule has 0 spiro atoms. The van der Waals surface area contributed by atoms with E-state index in [0.29, 0.717) is 0 Å². The molecule has 0 aliphatic rings. The number of rotatable bonds is 2. The Balaban J connectivity index is 2.79. The molecule has 122 valence electrons. The van der Waals surface area contributed by atoms with Crippen LogP contribution in [0.2, 0.25) is 0 Å². The molecule has 1 amide bonds. The Kier molecular flexibility index (Phi) is 4.75. The van der Waals surface area contributed by atoms with Crippen LogP contribution in [0.4, 0.5) is 10.1 Å². The van der Waals surface area contributed by atoms with Gasteiger partial charge in [-0.3, -0.25) is 20.1 Å². The molecule has 0 radical (unpaired) electrons. The summed E-state index contributed by atoms with van der Waals surface area (Å²) in [5, 5.41) is 12.4. The zero-order valence-electron chi connectivity index (χ0n) is 13.0.